The van der Waals surface area contributed by atoms with Gasteiger partial charge in [-0.15, -0.1) is 11.3 Å². The topological polar surface area (TPSA) is 42.7 Å². The summed E-state index contributed by atoms with van der Waals surface area (Å²) >= 11 is 1.72. The van der Waals surface area contributed by atoms with Crippen LogP contribution in [0.25, 0.3) is 0 Å². The molecule has 1 aliphatic heterocycles. The molecule has 2 aromatic heterocycles. The molecule has 1 fully saturated rings. The van der Waals surface area contributed by atoms with Crippen LogP contribution in [0.15, 0.2) is 18.0 Å². The molecule has 18 heavy (non-hydrogen) atoms. The number of aromatic nitrogens is 3. The Hall–Kier alpha value is -1.20. The highest BCUT2D eigenvalue weighted by molar-refractivity contribution is 7.09. The molecule has 1 atom stereocenters. The molecule has 0 bridgehead atoms. The second-order valence-electron chi connectivity index (χ2n) is 5.26. The van der Waals surface area contributed by atoms with Gasteiger partial charge in [0.05, 0.1) is 24.1 Å². The second kappa shape index (κ2) is 4.48. The minimum absolute atomic E-state index is 0.217. The van der Waals surface area contributed by atoms with E-state index in [0.29, 0.717) is 0 Å². The molecule has 0 aromatic carbocycles. The van der Waals surface area contributed by atoms with Gasteiger partial charge in [-0.05, 0) is 19.9 Å². The Morgan fingerprint density at radius 2 is 2.44 bits per heavy atom. The molecule has 0 amide bonds. The van der Waals surface area contributed by atoms with Crippen LogP contribution in [-0.2, 0) is 12.0 Å². The smallest absolute Gasteiger partial charge is 0.0951 e. The van der Waals surface area contributed by atoms with E-state index in [-0.39, 0.29) is 5.41 Å². The standard InChI is InChI=1S/C13H18N4S/c1-10-11(18-9-16-10)6-17-8-15-5-12(17)13(2)3-4-14-7-13/h5,8-9,14H,3-4,6-7H2,1-2H3. The van der Waals surface area contributed by atoms with E-state index in [1.54, 1.807) is 11.3 Å². The molecule has 3 heterocycles. The maximum absolute atomic E-state index is 4.34. The molecule has 2 aromatic rings. The molecule has 1 saturated heterocycles. The highest BCUT2D eigenvalue weighted by Crippen LogP contribution is 2.30. The molecule has 0 aliphatic carbocycles. The fourth-order valence-electron chi connectivity index (χ4n) is 2.62. The van der Waals surface area contributed by atoms with Crippen LogP contribution in [0.2, 0.25) is 0 Å². The lowest BCUT2D eigenvalue weighted by Gasteiger charge is -2.24. The van der Waals surface area contributed by atoms with E-state index >= 15 is 0 Å². The van der Waals surface area contributed by atoms with Crippen LogP contribution in [0.1, 0.15) is 29.6 Å². The van der Waals surface area contributed by atoms with Crippen LogP contribution in [0.5, 0.6) is 0 Å². The zero-order chi connectivity index (χ0) is 12.6. The molecular weight excluding hydrogens is 244 g/mol. The summed E-state index contributed by atoms with van der Waals surface area (Å²) in [6.45, 7) is 7.42. The summed E-state index contributed by atoms with van der Waals surface area (Å²) in [4.78, 5) is 9.98. The Bertz CT molecular complexity index is 537. The highest BCUT2D eigenvalue weighted by atomic mass is 32.1. The first kappa shape index (κ1) is 11.9. The van der Waals surface area contributed by atoms with Crippen molar-refractivity contribution in [3.63, 3.8) is 0 Å². The van der Waals surface area contributed by atoms with E-state index in [9.17, 15) is 0 Å². The van der Waals surface area contributed by atoms with Gasteiger partial charge >= 0.3 is 0 Å². The monoisotopic (exact) mass is 262 g/mol. The third-order valence-corrected chi connectivity index (χ3v) is 4.78. The third kappa shape index (κ3) is 1.97. The SMILES string of the molecule is Cc1ncsc1Cn1cncc1C1(C)CCNC1. The molecule has 0 saturated carbocycles. The van der Waals surface area contributed by atoms with Gasteiger partial charge in [0.2, 0.25) is 0 Å². The average Bonchev–Trinajstić information content (AvgIpc) is 3.03. The summed E-state index contributed by atoms with van der Waals surface area (Å²) in [5, 5.41) is 3.45. The molecule has 0 spiro atoms. The molecule has 0 radical (unpaired) electrons. The number of hydrogen-bond donors (Lipinski definition) is 1. The predicted octanol–water partition coefficient (Wildman–Crippen LogP) is 1.95. The number of imidazole rings is 1. The summed E-state index contributed by atoms with van der Waals surface area (Å²) in [5.74, 6) is 0. The number of nitrogens with zero attached hydrogens (tertiary/aromatic N) is 3. The van der Waals surface area contributed by atoms with E-state index in [4.69, 9.17) is 0 Å². The van der Waals surface area contributed by atoms with Gasteiger partial charge in [0.15, 0.2) is 0 Å². The zero-order valence-electron chi connectivity index (χ0n) is 10.8. The fourth-order valence-corrected chi connectivity index (χ4v) is 3.39. The Morgan fingerprint density at radius 3 is 3.11 bits per heavy atom. The second-order valence-corrected chi connectivity index (χ2v) is 6.19. The van der Waals surface area contributed by atoms with Crippen molar-refractivity contribution >= 4 is 11.3 Å². The lowest BCUT2D eigenvalue weighted by atomic mass is 9.86. The van der Waals surface area contributed by atoms with Gasteiger partial charge < -0.3 is 9.88 Å². The predicted molar refractivity (Wildman–Crippen MR) is 73.0 cm³/mol. The summed E-state index contributed by atoms with van der Waals surface area (Å²) in [6, 6.07) is 0. The van der Waals surface area contributed by atoms with E-state index < -0.39 is 0 Å². The van der Waals surface area contributed by atoms with Gasteiger partial charge in [-0.2, -0.15) is 0 Å². The third-order valence-electron chi connectivity index (χ3n) is 3.86. The van der Waals surface area contributed by atoms with E-state index in [1.165, 1.54) is 17.0 Å². The quantitative estimate of drug-likeness (QED) is 0.919. The maximum Gasteiger partial charge on any atom is 0.0951 e. The van der Waals surface area contributed by atoms with Gasteiger partial charge in [0, 0.05) is 28.7 Å². The van der Waals surface area contributed by atoms with Crippen LogP contribution < -0.4 is 5.32 Å². The fraction of sp³-hybridized carbons (Fsp3) is 0.538. The molecule has 1 N–H and O–H groups in total. The van der Waals surface area contributed by atoms with E-state index in [0.717, 1.165) is 25.3 Å². The number of aryl methyl sites for hydroxylation is 1. The van der Waals surface area contributed by atoms with E-state index in [1.807, 2.05) is 18.0 Å². The molecule has 1 unspecified atom stereocenters. The highest BCUT2D eigenvalue weighted by Gasteiger charge is 2.33. The number of rotatable bonds is 3. The van der Waals surface area contributed by atoms with Gasteiger partial charge in [0.1, 0.15) is 0 Å². The summed E-state index contributed by atoms with van der Waals surface area (Å²) in [7, 11) is 0. The number of nitrogens with one attached hydrogen (secondary N) is 1. The lowest BCUT2D eigenvalue weighted by Crippen LogP contribution is -2.28. The Morgan fingerprint density at radius 1 is 1.56 bits per heavy atom. The largest absolute Gasteiger partial charge is 0.329 e. The van der Waals surface area contributed by atoms with Crippen molar-refractivity contribution in [2.24, 2.45) is 0 Å². The number of hydrogen-bond acceptors (Lipinski definition) is 4. The molecule has 4 nitrogen and oxygen atoms in total. The lowest BCUT2D eigenvalue weighted by molar-refractivity contribution is 0.481. The van der Waals surface area contributed by atoms with Crippen molar-refractivity contribution in [3.05, 3.63) is 34.3 Å². The molecule has 96 valence electrons. The van der Waals surface area contributed by atoms with Crippen LogP contribution in [0, 0.1) is 6.92 Å². The Labute approximate surface area is 111 Å². The van der Waals surface area contributed by atoms with Crippen LogP contribution >= 0.6 is 11.3 Å². The molecule has 3 rings (SSSR count). The zero-order valence-corrected chi connectivity index (χ0v) is 11.6. The van der Waals surface area contributed by atoms with Gasteiger partial charge in [0.25, 0.3) is 0 Å². The van der Waals surface area contributed by atoms with Crippen molar-refractivity contribution in [3.8, 4) is 0 Å². The normalized spacial score (nSPS) is 23.7. The summed E-state index contributed by atoms with van der Waals surface area (Å²) in [5.41, 5.74) is 4.60. The van der Waals surface area contributed by atoms with Gasteiger partial charge in [-0.25, -0.2) is 9.97 Å². The average molecular weight is 262 g/mol. The minimum Gasteiger partial charge on any atom is -0.329 e. The molecular formula is C13H18N4S. The van der Waals surface area contributed by atoms with Crippen molar-refractivity contribution in [1.29, 1.82) is 0 Å². The number of thiazole rings is 1. The first-order valence-electron chi connectivity index (χ1n) is 6.29. The molecule has 5 heteroatoms. The van der Waals surface area contributed by atoms with E-state index in [2.05, 4.69) is 33.7 Å². The molecule has 1 aliphatic rings. The van der Waals surface area contributed by atoms with Crippen molar-refractivity contribution in [2.75, 3.05) is 13.1 Å². The van der Waals surface area contributed by atoms with Crippen molar-refractivity contribution in [2.45, 2.75) is 32.2 Å². The summed E-state index contributed by atoms with van der Waals surface area (Å²) < 4.78 is 2.27. The van der Waals surface area contributed by atoms with Crippen LogP contribution in [0.3, 0.4) is 0 Å². The van der Waals surface area contributed by atoms with Crippen molar-refractivity contribution < 1.29 is 0 Å². The van der Waals surface area contributed by atoms with Crippen LogP contribution in [-0.4, -0.2) is 27.6 Å². The summed E-state index contributed by atoms with van der Waals surface area (Å²) in [6.07, 6.45) is 5.14. The van der Waals surface area contributed by atoms with Crippen molar-refractivity contribution in [1.82, 2.24) is 19.9 Å². The Balaban J connectivity index is 1.90. The minimum atomic E-state index is 0.217. The first-order valence-corrected chi connectivity index (χ1v) is 7.17. The van der Waals surface area contributed by atoms with Gasteiger partial charge in [-0.1, -0.05) is 6.92 Å². The maximum atomic E-state index is 4.34. The van der Waals surface area contributed by atoms with Gasteiger partial charge in [-0.3, -0.25) is 0 Å². The Kier molecular flexibility index (Phi) is 2.95. The first-order chi connectivity index (χ1) is 8.69. The van der Waals surface area contributed by atoms with Crippen LogP contribution in [0.4, 0.5) is 0 Å².